The van der Waals surface area contributed by atoms with Crippen LogP contribution >= 0.6 is 0 Å². The molecule has 21 heavy (non-hydrogen) atoms. The summed E-state index contributed by atoms with van der Waals surface area (Å²) in [6.45, 7) is 6.85. The minimum Gasteiger partial charge on any atom is -0.480 e. The topological polar surface area (TPSA) is 90.0 Å². The second-order valence-corrected chi connectivity index (χ2v) is 5.29. The van der Waals surface area contributed by atoms with Gasteiger partial charge in [-0.2, -0.15) is 0 Å². The number of carboxylic acids is 1. The molecule has 1 aliphatic rings. The van der Waals surface area contributed by atoms with E-state index in [0.717, 1.165) is 17.7 Å². The van der Waals surface area contributed by atoms with Gasteiger partial charge in [-0.1, -0.05) is 26.7 Å². The molecule has 120 valence electrons. The molecule has 7 heteroatoms. The molecule has 1 aliphatic heterocycles. The van der Waals surface area contributed by atoms with Crippen molar-refractivity contribution in [1.29, 1.82) is 0 Å². The SMILES string of the molecule is CCC(CC)CN(CC)C(=O)N1CC(=O)NCC1C(=O)O. The lowest BCUT2D eigenvalue weighted by Crippen LogP contribution is -2.62. The summed E-state index contributed by atoms with van der Waals surface area (Å²) < 4.78 is 0. The number of nitrogens with zero attached hydrogens (tertiary/aromatic N) is 2. The molecule has 0 aromatic carbocycles. The number of urea groups is 1. The van der Waals surface area contributed by atoms with Gasteiger partial charge in [0.25, 0.3) is 0 Å². The molecule has 0 saturated carbocycles. The molecule has 1 rings (SSSR count). The van der Waals surface area contributed by atoms with Crippen LogP contribution in [-0.4, -0.2) is 65.0 Å². The Morgan fingerprint density at radius 3 is 2.48 bits per heavy atom. The summed E-state index contributed by atoms with van der Waals surface area (Å²) in [5.74, 6) is -1.03. The lowest BCUT2D eigenvalue weighted by Gasteiger charge is -2.37. The number of rotatable bonds is 6. The van der Waals surface area contributed by atoms with E-state index < -0.39 is 12.0 Å². The van der Waals surface area contributed by atoms with Crippen LogP contribution in [0.25, 0.3) is 0 Å². The van der Waals surface area contributed by atoms with Gasteiger partial charge in [-0.15, -0.1) is 0 Å². The summed E-state index contributed by atoms with van der Waals surface area (Å²) in [6, 6.07) is -1.36. The Labute approximate surface area is 125 Å². The summed E-state index contributed by atoms with van der Waals surface area (Å²) >= 11 is 0. The van der Waals surface area contributed by atoms with Crippen molar-refractivity contribution < 1.29 is 19.5 Å². The quantitative estimate of drug-likeness (QED) is 0.757. The highest BCUT2D eigenvalue weighted by atomic mass is 16.4. The first kappa shape index (κ1) is 17.3. The summed E-state index contributed by atoms with van der Waals surface area (Å²) in [5.41, 5.74) is 0. The molecule has 2 N–H and O–H groups in total. The van der Waals surface area contributed by atoms with E-state index in [9.17, 15) is 19.5 Å². The van der Waals surface area contributed by atoms with Gasteiger partial charge in [0.05, 0.1) is 0 Å². The molecule has 0 radical (unpaired) electrons. The lowest BCUT2D eigenvalue weighted by molar-refractivity contribution is -0.144. The fourth-order valence-corrected chi connectivity index (χ4v) is 2.45. The second kappa shape index (κ2) is 7.85. The van der Waals surface area contributed by atoms with E-state index in [2.05, 4.69) is 19.2 Å². The van der Waals surface area contributed by atoms with Crippen molar-refractivity contribution in [2.75, 3.05) is 26.2 Å². The maximum atomic E-state index is 12.6. The van der Waals surface area contributed by atoms with Crippen molar-refractivity contribution in [2.24, 2.45) is 5.92 Å². The van der Waals surface area contributed by atoms with Gasteiger partial charge < -0.3 is 15.3 Å². The van der Waals surface area contributed by atoms with Gasteiger partial charge in [-0.25, -0.2) is 9.59 Å². The minimum absolute atomic E-state index is 0.0392. The third kappa shape index (κ3) is 4.34. The summed E-state index contributed by atoms with van der Waals surface area (Å²) in [4.78, 5) is 38.1. The largest absolute Gasteiger partial charge is 0.480 e. The first-order valence-corrected chi connectivity index (χ1v) is 7.49. The predicted octanol–water partition coefficient (Wildman–Crippen LogP) is 0.750. The molecule has 0 aromatic rings. The van der Waals surface area contributed by atoms with Crippen LogP contribution in [0.3, 0.4) is 0 Å². The van der Waals surface area contributed by atoms with Gasteiger partial charge in [0, 0.05) is 19.6 Å². The molecular formula is C14H25N3O4. The number of carboxylic acid groups (broad SMARTS) is 1. The molecule has 1 fully saturated rings. The van der Waals surface area contributed by atoms with Crippen molar-refractivity contribution >= 4 is 17.9 Å². The molecular weight excluding hydrogens is 274 g/mol. The highest BCUT2D eigenvalue weighted by Gasteiger charge is 2.37. The molecule has 1 unspecified atom stereocenters. The van der Waals surface area contributed by atoms with E-state index in [1.54, 1.807) is 4.90 Å². The number of nitrogens with one attached hydrogen (secondary N) is 1. The van der Waals surface area contributed by atoms with Gasteiger partial charge in [-0.3, -0.25) is 9.69 Å². The van der Waals surface area contributed by atoms with Crippen LogP contribution in [0.4, 0.5) is 4.79 Å². The van der Waals surface area contributed by atoms with Crippen molar-refractivity contribution in [2.45, 2.75) is 39.7 Å². The standard InChI is InChI=1S/C14H25N3O4/c1-4-10(5-2)8-16(6-3)14(21)17-9-12(18)15-7-11(17)13(19)20/h10-11H,4-9H2,1-3H3,(H,15,18)(H,19,20). The van der Waals surface area contributed by atoms with E-state index in [-0.39, 0.29) is 25.0 Å². The van der Waals surface area contributed by atoms with Crippen molar-refractivity contribution in [3.8, 4) is 0 Å². The summed E-state index contributed by atoms with van der Waals surface area (Å²) in [7, 11) is 0. The average Bonchev–Trinajstić information content (AvgIpc) is 2.47. The van der Waals surface area contributed by atoms with Crippen LogP contribution in [0.1, 0.15) is 33.6 Å². The molecule has 0 bridgehead atoms. The monoisotopic (exact) mass is 299 g/mol. The third-order valence-electron chi connectivity index (χ3n) is 4.00. The zero-order chi connectivity index (χ0) is 16.0. The van der Waals surface area contributed by atoms with E-state index >= 15 is 0 Å². The maximum absolute atomic E-state index is 12.6. The predicted molar refractivity (Wildman–Crippen MR) is 77.9 cm³/mol. The third-order valence-corrected chi connectivity index (χ3v) is 4.00. The van der Waals surface area contributed by atoms with Crippen LogP contribution in [0.2, 0.25) is 0 Å². The van der Waals surface area contributed by atoms with Crippen molar-refractivity contribution in [1.82, 2.24) is 15.1 Å². The van der Waals surface area contributed by atoms with Crippen LogP contribution in [0.5, 0.6) is 0 Å². The number of carbonyl (C=O) groups is 3. The number of hydrogen-bond acceptors (Lipinski definition) is 3. The number of piperazine rings is 1. The first-order valence-electron chi connectivity index (χ1n) is 7.49. The number of carbonyl (C=O) groups excluding carboxylic acids is 2. The van der Waals surface area contributed by atoms with E-state index in [1.807, 2.05) is 6.92 Å². The minimum atomic E-state index is -1.10. The fourth-order valence-electron chi connectivity index (χ4n) is 2.45. The van der Waals surface area contributed by atoms with Gasteiger partial charge in [0.15, 0.2) is 0 Å². The fraction of sp³-hybridized carbons (Fsp3) is 0.786. The molecule has 0 aliphatic carbocycles. The van der Waals surface area contributed by atoms with Crippen LogP contribution in [0.15, 0.2) is 0 Å². The van der Waals surface area contributed by atoms with E-state index in [0.29, 0.717) is 19.0 Å². The van der Waals surface area contributed by atoms with Gasteiger partial charge in [-0.05, 0) is 12.8 Å². The molecule has 3 amide bonds. The van der Waals surface area contributed by atoms with Crippen molar-refractivity contribution in [3.63, 3.8) is 0 Å². The Morgan fingerprint density at radius 1 is 1.38 bits per heavy atom. The first-order chi connectivity index (χ1) is 9.94. The Morgan fingerprint density at radius 2 is 2.00 bits per heavy atom. The lowest BCUT2D eigenvalue weighted by atomic mass is 10.0. The zero-order valence-corrected chi connectivity index (χ0v) is 13.0. The summed E-state index contributed by atoms with van der Waals surface area (Å²) in [6.07, 6.45) is 1.92. The maximum Gasteiger partial charge on any atom is 0.328 e. The zero-order valence-electron chi connectivity index (χ0n) is 13.0. The molecule has 1 atom stereocenters. The number of aliphatic carboxylic acids is 1. The smallest absolute Gasteiger partial charge is 0.328 e. The van der Waals surface area contributed by atoms with Crippen molar-refractivity contribution in [3.05, 3.63) is 0 Å². The van der Waals surface area contributed by atoms with Crippen LogP contribution in [0, 0.1) is 5.92 Å². The molecule has 1 saturated heterocycles. The van der Waals surface area contributed by atoms with E-state index in [1.165, 1.54) is 0 Å². The second-order valence-electron chi connectivity index (χ2n) is 5.29. The van der Waals surface area contributed by atoms with Crippen LogP contribution < -0.4 is 5.32 Å². The Bertz CT molecular complexity index is 396. The molecule has 1 heterocycles. The van der Waals surface area contributed by atoms with Crippen LogP contribution in [-0.2, 0) is 9.59 Å². The number of hydrogen-bond donors (Lipinski definition) is 2. The van der Waals surface area contributed by atoms with Gasteiger partial charge >= 0.3 is 12.0 Å². The molecule has 7 nitrogen and oxygen atoms in total. The normalized spacial score (nSPS) is 18.6. The molecule has 0 aromatic heterocycles. The van der Waals surface area contributed by atoms with E-state index in [4.69, 9.17) is 0 Å². The van der Waals surface area contributed by atoms with Gasteiger partial charge in [0.1, 0.15) is 12.6 Å². The molecule has 0 spiro atoms. The van der Waals surface area contributed by atoms with Gasteiger partial charge in [0.2, 0.25) is 5.91 Å². The highest BCUT2D eigenvalue weighted by molar-refractivity contribution is 5.90. The Kier molecular flexibility index (Phi) is 6.45. The number of amides is 3. The summed E-state index contributed by atoms with van der Waals surface area (Å²) in [5, 5.41) is 11.7. The Balaban J connectivity index is 2.84. The Hall–Kier alpha value is -1.79. The average molecular weight is 299 g/mol. The highest BCUT2D eigenvalue weighted by Crippen LogP contribution is 2.14.